The summed E-state index contributed by atoms with van der Waals surface area (Å²) in [6.07, 6.45) is 0. The van der Waals surface area contributed by atoms with Crippen molar-refractivity contribution in [1.29, 1.82) is 0 Å². The first-order valence-corrected chi connectivity index (χ1v) is 9.86. The molecular weight excluding hydrogens is 376 g/mol. The van der Waals surface area contributed by atoms with E-state index in [4.69, 9.17) is 4.74 Å². The number of ether oxygens (including phenoxy) is 1. The van der Waals surface area contributed by atoms with Crippen molar-refractivity contribution in [3.8, 4) is 16.9 Å². The molecule has 1 unspecified atom stereocenters. The Morgan fingerprint density at radius 1 is 0.933 bits per heavy atom. The molecule has 0 saturated carbocycles. The number of carbonyl (C=O) groups is 2. The Morgan fingerprint density at radius 2 is 1.67 bits per heavy atom. The molecule has 3 aromatic rings. The molecule has 0 aromatic heterocycles. The smallest absolute Gasteiger partial charge is 0.251 e. The van der Waals surface area contributed by atoms with Gasteiger partial charge in [0, 0.05) is 23.2 Å². The molecule has 0 radical (unpaired) electrons. The van der Waals surface area contributed by atoms with E-state index in [1.54, 1.807) is 19.2 Å². The quantitative estimate of drug-likeness (QED) is 0.533. The molecule has 0 bridgehead atoms. The highest BCUT2D eigenvalue weighted by Crippen LogP contribution is 2.36. The fourth-order valence-corrected chi connectivity index (χ4v) is 3.91. The van der Waals surface area contributed by atoms with Crippen molar-refractivity contribution >= 4 is 11.7 Å². The second-order valence-corrected chi connectivity index (χ2v) is 7.60. The Bertz CT molecular complexity index is 1120. The number of benzene rings is 3. The number of likely N-dealkylation sites (N-methyl/N-ethyl adjacent to an activating group) is 1. The van der Waals surface area contributed by atoms with Gasteiger partial charge in [-0.15, -0.1) is 0 Å². The largest absolute Gasteiger partial charge is 0.497 e. The van der Waals surface area contributed by atoms with Gasteiger partial charge in [0.05, 0.1) is 13.2 Å². The topological polar surface area (TPSA) is 58.6 Å². The van der Waals surface area contributed by atoms with Gasteiger partial charge in [0.25, 0.3) is 5.91 Å². The number of nitrogens with zero attached hydrogens (tertiary/aromatic N) is 1. The summed E-state index contributed by atoms with van der Waals surface area (Å²) in [7, 11) is 5.59. The highest BCUT2D eigenvalue weighted by Gasteiger charge is 2.27. The minimum absolute atomic E-state index is 0.00985. The third kappa shape index (κ3) is 3.60. The van der Waals surface area contributed by atoms with E-state index in [0.29, 0.717) is 23.2 Å². The number of fused-ring (bicyclic) bond motifs is 3. The van der Waals surface area contributed by atoms with Crippen molar-refractivity contribution in [2.75, 3.05) is 27.7 Å². The number of carbonyl (C=O) groups excluding carboxylic acids is 2. The van der Waals surface area contributed by atoms with Gasteiger partial charge in [-0.1, -0.05) is 42.5 Å². The summed E-state index contributed by atoms with van der Waals surface area (Å²) in [4.78, 5) is 27.6. The van der Waals surface area contributed by atoms with Crippen LogP contribution in [0.1, 0.15) is 37.9 Å². The Hall–Kier alpha value is -3.44. The molecular formula is C25H24N2O3. The SMILES string of the molecule is COc1cccc(C(CNC(=O)c2ccc3c(c2)C(=O)c2ccccc2-3)N(C)C)c1. The molecule has 1 aliphatic rings. The van der Waals surface area contributed by atoms with E-state index < -0.39 is 0 Å². The van der Waals surface area contributed by atoms with E-state index in [9.17, 15) is 9.59 Å². The van der Waals surface area contributed by atoms with Gasteiger partial charge in [-0.2, -0.15) is 0 Å². The van der Waals surface area contributed by atoms with Crippen molar-refractivity contribution in [3.63, 3.8) is 0 Å². The van der Waals surface area contributed by atoms with Crippen LogP contribution in [0.3, 0.4) is 0 Å². The summed E-state index contributed by atoms with van der Waals surface area (Å²) < 4.78 is 5.32. The van der Waals surface area contributed by atoms with Gasteiger partial charge in [0.1, 0.15) is 5.75 Å². The van der Waals surface area contributed by atoms with Gasteiger partial charge in [-0.25, -0.2) is 0 Å². The Balaban J connectivity index is 1.52. The number of nitrogens with one attached hydrogen (secondary N) is 1. The maximum atomic E-state index is 12.8. The van der Waals surface area contributed by atoms with E-state index in [0.717, 1.165) is 22.4 Å². The molecule has 30 heavy (non-hydrogen) atoms. The number of methoxy groups -OCH3 is 1. The molecule has 4 rings (SSSR count). The van der Waals surface area contributed by atoms with Crippen molar-refractivity contribution in [3.05, 3.63) is 89.0 Å². The molecule has 1 N–H and O–H groups in total. The van der Waals surface area contributed by atoms with Crippen LogP contribution < -0.4 is 10.1 Å². The average molecular weight is 400 g/mol. The zero-order valence-electron chi connectivity index (χ0n) is 17.3. The lowest BCUT2D eigenvalue weighted by atomic mass is 10.0. The normalized spacial score (nSPS) is 13.0. The van der Waals surface area contributed by atoms with Crippen LogP contribution in [0, 0.1) is 0 Å². The first-order chi connectivity index (χ1) is 14.5. The average Bonchev–Trinajstić information content (AvgIpc) is 3.05. The first kappa shape index (κ1) is 19.9. The minimum Gasteiger partial charge on any atom is -0.497 e. The predicted molar refractivity (Wildman–Crippen MR) is 117 cm³/mol. The Labute approximate surface area is 176 Å². The second-order valence-electron chi connectivity index (χ2n) is 7.60. The van der Waals surface area contributed by atoms with Crippen LogP contribution in [0.25, 0.3) is 11.1 Å². The first-order valence-electron chi connectivity index (χ1n) is 9.86. The van der Waals surface area contributed by atoms with E-state index in [-0.39, 0.29) is 17.7 Å². The standard InChI is InChI=1S/C25H24N2O3/c1-27(2)23(16-7-6-8-18(13-16)30-3)15-26-25(29)17-11-12-20-19-9-4-5-10-21(19)24(28)22(20)14-17/h4-14,23H,15H2,1-3H3,(H,26,29). The fraction of sp³-hybridized carbons (Fsp3) is 0.200. The number of ketones is 1. The summed E-state index contributed by atoms with van der Waals surface area (Å²) in [5.41, 5.74) is 4.62. The zero-order chi connectivity index (χ0) is 21.3. The molecule has 5 heteroatoms. The predicted octanol–water partition coefficient (Wildman–Crippen LogP) is 3.94. The third-order valence-corrected chi connectivity index (χ3v) is 5.55. The molecule has 0 aliphatic heterocycles. The monoisotopic (exact) mass is 400 g/mol. The van der Waals surface area contributed by atoms with E-state index in [1.165, 1.54) is 0 Å². The van der Waals surface area contributed by atoms with Crippen LogP contribution in [-0.4, -0.2) is 44.3 Å². The van der Waals surface area contributed by atoms with Crippen LogP contribution in [0.5, 0.6) is 5.75 Å². The van der Waals surface area contributed by atoms with Crippen molar-refractivity contribution < 1.29 is 14.3 Å². The second kappa shape index (κ2) is 8.13. The highest BCUT2D eigenvalue weighted by atomic mass is 16.5. The molecule has 1 amide bonds. The number of hydrogen-bond donors (Lipinski definition) is 1. The summed E-state index contributed by atoms with van der Waals surface area (Å²) in [6.45, 7) is 0.435. The molecule has 0 fully saturated rings. The van der Waals surface area contributed by atoms with Crippen LogP contribution in [0.4, 0.5) is 0 Å². The molecule has 0 saturated heterocycles. The van der Waals surface area contributed by atoms with Crippen LogP contribution in [0.15, 0.2) is 66.7 Å². The van der Waals surface area contributed by atoms with Crippen LogP contribution >= 0.6 is 0 Å². The molecule has 0 heterocycles. The molecule has 0 spiro atoms. The lowest BCUT2D eigenvalue weighted by Crippen LogP contribution is -2.34. The van der Waals surface area contributed by atoms with E-state index >= 15 is 0 Å². The van der Waals surface area contributed by atoms with Gasteiger partial charge in [-0.3, -0.25) is 9.59 Å². The lowest BCUT2D eigenvalue weighted by molar-refractivity contribution is 0.0942. The molecule has 1 aliphatic carbocycles. The van der Waals surface area contributed by atoms with Gasteiger partial charge >= 0.3 is 0 Å². The third-order valence-electron chi connectivity index (χ3n) is 5.55. The van der Waals surface area contributed by atoms with Gasteiger partial charge in [0.2, 0.25) is 0 Å². The highest BCUT2D eigenvalue weighted by molar-refractivity contribution is 6.22. The van der Waals surface area contributed by atoms with Crippen LogP contribution in [0.2, 0.25) is 0 Å². The van der Waals surface area contributed by atoms with Crippen molar-refractivity contribution in [1.82, 2.24) is 10.2 Å². The van der Waals surface area contributed by atoms with E-state index in [1.807, 2.05) is 68.7 Å². The maximum absolute atomic E-state index is 12.8. The summed E-state index contributed by atoms with van der Waals surface area (Å²) in [5, 5.41) is 3.01. The van der Waals surface area contributed by atoms with Crippen molar-refractivity contribution in [2.24, 2.45) is 0 Å². The molecule has 152 valence electrons. The van der Waals surface area contributed by atoms with Crippen LogP contribution in [-0.2, 0) is 0 Å². The summed E-state index contributed by atoms with van der Waals surface area (Å²) >= 11 is 0. The molecule has 3 aromatic carbocycles. The van der Waals surface area contributed by atoms with Gasteiger partial charge in [-0.05, 0) is 55.1 Å². The van der Waals surface area contributed by atoms with E-state index in [2.05, 4.69) is 10.2 Å². The van der Waals surface area contributed by atoms with Crippen molar-refractivity contribution in [2.45, 2.75) is 6.04 Å². The Morgan fingerprint density at radius 3 is 2.40 bits per heavy atom. The summed E-state index contributed by atoms with van der Waals surface area (Å²) in [6, 6.07) is 20.7. The maximum Gasteiger partial charge on any atom is 0.251 e. The molecule has 5 nitrogen and oxygen atoms in total. The summed E-state index contributed by atoms with van der Waals surface area (Å²) in [5.74, 6) is 0.552. The van der Waals surface area contributed by atoms with Gasteiger partial charge in [0.15, 0.2) is 5.78 Å². The number of hydrogen-bond acceptors (Lipinski definition) is 4. The van der Waals surface area contributed by atoms with Gasteiger partial charge < -0.3 is 15.0 Å². The number of rotatable bonds is 6. The minimum atomic E-state index is -0.198. The Kier molecular flexibility index (Phi) is 5.38. The number of amides is 1. The molecule has 1 atom stereocenters. The lowest BCUT2D eigenvalue weighted by Gasteiger charge is -2.25. The fourth-order valence-electron chi connectivity index (χ4n) is 3.91. The zero-order valence-corrected chi connectivity index (χ0v) is 17.3.